The molecule has 1 aromatic rings. The summed E-state index contributed by atoms with van der Waals surface area (Å²) in [6.07, 6.45) is 1.72. The second kappa shape index (κ2) is 5.79. The van der Waals surface area contributed by atoms with Gasteiger partial charge in [-0.15, -0.1) is 0 Å². The summed E-state index contributed by atoms with van der Waals surface area (Å²) < 4.78 is 0. The lowest BCUT2D eigenvalue weighted by Gasteiger charge is -2.28. The molecule has 2 fully saturated rings. The quantitative estimate of drug-likeness (QED) is 0.568. The van der Waals surface area contributed by atoms with Crippen LogP contribution in [-0.4, -0.2) is 29.0 Å². The number of rotatable bonds is 3. The zero-order valence-electron chi connectivity index (χ0n) is 11.5. The first kappa shape index (κ1) is 14.0. The van der Waals surface area contributed by atoms with Gasteiger partial charge in [-0.25, -0.2) is 5.43 Å². The van der Waals surface area contributed by atoms with Gasteiger partial charge in [-0.1, -0.05) is 18.2 Å². The fourth-order valence-electron chi connectivity index (χ4n) is 3.23. The minimum absolute atomic E-state index is 0.0436. The van der Waals surface area contributed by atoms with E-state index in [2.05, 4.69) is 16.2 Å². The summed E-state index contributed by atoms with van der Waals surface area (Å²) >= 11 is 0. The summed E-state index contributed by atoms with van der Waals surface area (Å²) in [6.45, 7) is 0. The third kappa shape index (κ3) is 2.88. The van der Waals surface area contributed by atoms with Crippen LogP contribution in [0.4, 0.5) is 5.69 Å². The molecule has 21 heavy (non-hydrogen) atoms. The first-order valence-electron chi connectivity index (χ1n) is 7.15. The summed E-state index contributed by atoms with van der Waals surface area (Å²) in [5.74, 6) is -0.192. The van der Waals surface area contributed by atoms with Gasteiger partial charge in [0, 0.05) is 35.4 Å². The number of carbonyl (C=O) groups is 1. The van der Waals surface area contributed by atoms with Crippen LogP contribution in [0.3, 0.4) is 0 Å². The maximum atomic E-state index is 12.4. The number of nitro groups is 1. The first-order valence-corrected chi connectivity index (χ1v) is 7.15. The van der Waals surface area contributed by atoms with Crippen molar-refractivity contribution >= 4 is 11.6 Å². The molecule has 0 spiro atoms. The highest BCUT2D eigenvalue weighted by Crippen LogP contribution is 2.32. The molecule has 0 radical (unpaired) electrons. The van der Waals surface area contributed by atoms with Crippen molar-refractivity contribution in [1.82, 2.24) is 10.9 Å². The van der Waals surface area contributed by atoms with E-state index >= 15 is 0 Å². The minimum atomic E-state index is -0.542. The number of carbonyl (C=O) groups excluding carboxylic acids is 1. The third-order valence-corrected chi connectivity index (χ3v) is 4.35. The standard InChI is InChI=1S/C14H18N4O3/c19-14(15-9-4-2-1-3-5-9)13-11-8-10(18(20)21)6-7-12(11)16-17-13/h1-5,10-13,16-17H,6-8H2,(H,15,19). The average Bonchev–Trinajstić information content (AvgIpc) is 2.91. The van der Waals surface area contributed by atoms with E-state index in [0.717, 1.165) is 12.1 Å². The summed E-state index contributed by atoms with van der Waals surface area (Å²) in [6, 6.07) is 8.37. The van der Waals surface area contributed by atoms with Crippen LogP contribution in [-0.2, 0) is 4.79 Å². The Balaban J connectivity index is 1.67. The van der Waals surface area contributed by atoms with Crippen molar-refractivity contribution in [3.63, 3.8) is 0 Å². The van der Waals surface area contributed by atoms with Crippen LogP contribution in [0.15, 0.2) is 30.3 Å². The Bertz CT molecular complexity index is 536. The van der Waals surface area contributed by atoms with Crippen molar-refractivity contribution in [2.24, 2.45) is 5.92 Å². The van der Waals surface area contributed by atoms with Gasteiger partial charge < -0.3 is 5.32 Å². The molecule has 4 unspecified atom stereocenters. The SMILES string of the molecule is O=C(Nc1ccccc1)C1NNC2CCC([N+](=O)[O-])CC21. The minimum Gasteiger partial charge on any atom is -0.325 e. The summed E-state index contributed by atoms with van der Waals surface area (Å²) in [7, 11) is 0. The fourth-order valence-corrected chi connectivity index (χ4v) is 3.23. The highest BCUT2D eigenvalue weighted by molar-refractivity contribution is 5.95. The van der Waals surface area contributed by atoms with Crippen LogP contribution in [0.5, 0.6) is 0 Å². The molecule has 2 aliphatic rings. The second-order valence-electron chi connectivity index (χ2n) is 5.64. The number of hydrogen-bond acceptors (Lipinski definition) is 5. The van der Waals surface area contributed by atoms with E-state index in [9.17, 15) is 14.9 Å². The van der Waals surface area contributed by atoms with Crippen LogP contribution >= 0.6 is 0 Å². The van der Waals surface area contributed by atoms with Gasteiger partial charge in [-0.3, -0.25) is 20.3 Å². The molecule has 7 nitrogen and oxygen atoms in total. The molecule has 7 heteroatoms. The first-order chi connectivity index (χ1) is 10.1. The maximum absolute atomic E-state index is 12.4. The van der Waals surface area contributed by atoms with Crippen LogP contribution in [0.2, 0.25) is 0 Å². The summed E-state index contributed by atoms with van der Waals surface area (Å²) in [5, 5.41) is 13.8. The fraction of sp³-hybridized carbons (Fsp3) is 0.500. The van der Waals surface area contributed by atoms with Gasteiger partial charge in [0.2, 0.25) is 11.9 Å². The molecule has 3 N–H and O–H groups in total. The van der Waals surface area contributed by atoms with Gasteiger partial charge in [0.15, 0.2) is 0 Å². The van der Waals surface area contributed by atoms with Gasteiger partial charge in [-0.05, 0) is 18.6 Å². The van der Waals surface area contributed by atoms with Gasteiger partial charge in [0.1, 0.15) is 6.04 Å². The number of hydrogen-bond donors (Lipinski definition) is 3. The summed E-state index contributed by atoms with van der Waals surface area (Å²) in [4.78, 5) is 23.1. The van der Waals surface area contributed by atoms with E-state index in [1.165, 1.54) is 0 Å². The molecule has 1 aliphatic heterocycles. The topological polar surface area (TPSA) is 96.3 Å². The lowest BCUT2D eigenvalue weighted by Crippen LogP contribution is -2.44. The van der Waals surface area contributed by atoms with Gasteiger partial charge in [0.05, 0.1) is 0 Å². The van der Waals surface area contributed by atoms with Crippen molar-refractivity contribution < 1.29 is 9.72 Å². The normalized spacial score (nSPS) is 31.4. The number of anilines is 1. The predicted octanol–water partition coefficient (Wildman–Crippen LogP) is 0.915. The Hall–Kier alpha value is -1.99. The molecule has 1 aromatic carbocycles. The van der Waals surface area contributed by atoms with Crippen molar-refractivity contribution in [1.29, 1.82) is 0 Å². The monoisotopic (exact) mass is 290 g/mol. The number of para-hydroxylation sites is 1. The van der Waals surface area contributed by atoms with Crippen molar-refractivity contribution in [3.05, 3.63) is 40.4 Å². The van der Waals surface area contributed by atoms with Gasteiger partial charge in [-0.2, -0.15) is 0 Å². The van der Waals surface area contributed by atoms with E-state index in [0.29, 0.717) is 12.8 Å². The van der Waals surface area contributed by atoms with Crippen LogP contribution in [0.1, 0.15) is 19.3 Å². The predicted molar refractivity (Wildman–Crippen MR) is 77.0 cm³/mol. The zero-order valence-corrected chi connectivity index (χ0v) is 11.5. The van der Waals surface area contributed by atoms with E-state index < -0.39 is 12.1 Å². The van der Waals surface area contributed by atoms with E-state index in [-0.39, 0.29) is 22.8 Å². The number of amides is 1. The molecular weight excluding hydrogens is 272 g/mol. The molecule has 1 aliphatic carbocycles. The highest BCUT2D eigenvalue weighted by Gasteiger charge is 2.46. The number of nitrogens with zero attached hydrogens (tertiary/aromatic N) is 1. The Morgan fingerprint density at radius 3 is 2.71 bits per heavy atom. The molecule has 0 bridgehead atoms. The maximum Gasteiger partial charge on any atom is 0.243 e. The van der Waals surface area contributed by atoms with E-state index in [1.54, 1.807) is 0 Å². The largest absolute Gasteiger partial charge is 0.325 e. The van der Waals surface area contributed by atoms with Crippen LogP contribution < -0.4 is 16.2 Å². The number of nitrogens with one attached hydrogen (secondary N) is 3. The lowest BCUT2D eigenvalue weighted by atomic mass is 9.79. The van der Waals surface area contributed by atoms with E-state index in [1.807, 2.05) is 30.3 Å². The average molecular weight is 290 g/mol. The molecule has 1 amide bonds. The Morgan fingerprint density at radius 2 is 2.00 bits per heavy atom. The number of benzene rings is 1. The van der Waals surface area contributed by atoms with Gasteiger partial charge >= 0.3 is 0 Å². The number of hydrazine groups is 1. The second-order valence-corrected chi connectivity index (χ2v) is 5.64. The third-order valence-electron chi connectivity index (χ3n) is 4.35. The van der Waals surface area contributed by atoms with Crippen molar-refractivity contribution in [3.8, 4) is 0 Å². The van der Waals surface area contributed by atoms with Crippen molar-refractivity contribution in [2.45, 2.75) is 37.4 Å². The molecule has 0 aromatic heterocycles. The zero-order chi connectivity index (χ0) is 14.8. The molecular formula is C14H18N4O3. The molecule has 4 atom stereocenters. The molecule has 112 valence electrons. The Morgan fingerprint density at radius 1 is 1.24 bits per heavy atom. The molecule has 1 saturated heterocycles. The lowest BCUT2D eigenvalue weighted by molar-refractivity contribution is -0.528. The Labute approximate surface area is 122 Å². The Kier molecular flexibility index (Phi) is 3.85. The highest BCUT2D eigenvalue weighted by atomic mass is 16.6. The number of fused-ring (bicyclic) bond motifs is 1. The van der Waals surface area contributed by atoms with Gasteiger partial charge in [0.25, 0.3) is 0 Å². The molecule has 1 saturated carbocycles. The molecule has 3 rings (SSSR count). The van der Waals surface area contributed by atoms with E-state index in [4.69, 9.17) is 0 Å². The smallest absolute Gasteiger partial charge is 0.243 e. The summed E-state index contributed by atoms with van der Waals surface area (Å²) in [5.41, 5.74) is 6.83. The molecule has 1 heterocycles. The van der Waals surface area contributed by atoms with Crippen molar-refractivity contribution in [2.75, 3.05) is 5.32 Å². The van der Waals surface area contributed by atoms with Crippen LogP contribution in [0, 0.1) is 16.0 Å². The van der Waals surface area contributed by atoms with Crippen LogP contribution in [0.25, 0.3) is 0 Å².